The average Bonchev–Trinajstić information content (AvgIpc) is 2.68. The van der Waals surface area contributed by atoms with Crippen LogP contribution in [0.5, 0.6) is 0 Å². The summed E-state index contributed by atoms with van der Waals surface area (Å²) in [5.74, 6) is -0.626. The maximum Gasteiger partial charge on any atom is 0.196 e. The van der Waals surface area contributed by atoms with Gasteiger partial charge in [-0.15, -0.1) is 0 Å². The van der Waals surface area contributed by atoms with Gasteiger partial charge in [-0.3, -0.25) is 0 Å². The molecule has 2 rings (SSSR count). The predicted octanol–water partition coefficient (Wildman–Crippen LogP) is 2.00. The third-order valence-electron chi connectivity index (χ3n) is 2.49. The van der Waals surface area contributed by atoms with Crippen molar-refractivity contribution in [3.63, 3.8) is 0 Å². The Bertz CT molecular complexity index is 337. The Morgan fingerprint density at radius 1 is 1.33 bits per heavy atom. The van der Waals surface area contributed by atoms with Gasteiger partial charge in [0.05, 0.1) is 13.2 Å². The van der Waals surface area contributed by atoms with Crippen molar-refractivity contribution in [2.24, 2.45) is 5.73 Å². The largest absolute Gasteiger partial charge is 0.343 e. The second kappa shape index (κ2) is 4.61. The van der Waals surface area contributed by atoms with Crippen molar-refractivity contribution in [2.45, 2.75) is 12.2 Å². The minimum atomic E-state index is -0.626. The maximum absolute atomic E-state index is 5.70. The first-order chi connectivity index (χ1) is 7.27. The van der Waals surface area contributed by atoms with Crippen LogP contribution in [0.15, 0.2) is 28.7 Å². The monoisotopic (exact) mass is 271 g/mol. The van der Waals surface area contributed by atoms with Crippen molar-refractivity contribution < 1.29 is 9.47 Å². The number of halogens is 1. The molecule has 2 N–H and O–H groups in total. The van der Waals surface area contributed by atoms with Gasteiger partial charge < -0.3 is 15.2 Å². The van der Waals surface area contributed by atoms with Crippen LogP contribution in [0.3, 0.4) is 0 Å². The van der Waals surface area contributed by atoms with Crippen molar-refractivity contribution in [2.75, 3.05) is 19.8 Å². The highest BCUT2D eigenvalue weighted by Crippen LogP contribution is 2.35. The highest BCUT2D eigenvalue weighted by Gasteiger charge is 2.37. The Morgan fingerprint density at radius 3 is 2.67 bits per heavy atom. The number of hydrogen-bond donors (Lipinski definition) is 1. The number of hydrogen-bond acceptors (Lipinski definition) is 3. The molecular weight excluding hydrogens is 258 g/mol. The molecule has 1 aliphatic rings. The summed E-state index contributed by atoms with van der Waals surface area (Å²) in [6.07, 6.45) is 0.684. The number of nitrogens with two attached hydrogens (primary N) is 1. The molecule has 0 bridgehead atoms. The van der Waals surface area contributed by atoms with Gasteiger partial charge in [0.25, 0.3) is 0 Å². The molecule has 1 saturated heterocycles. The van der Waals surface area contributed by atoms with E-state index in [9.17, 15) is 0 Å². The molecule has 1 aromatic carbocycles. The zero-order chi connectivity index (χ0) is 10.7. The summed E-state index contributed by atoms with van der Waals surface area (Å²) >= 11 is 3.44. The van der Waals surface area contributed by atoms with Gasteiger partial charge in [-0.05, 0) is 18.7 Å². The summed E-state index contributed by atoms with van der Waals surface area (Å²) in [6, 6.07) is 7.98. The van der Waals surface area contributed by atoms with Crippen LogP contribution in [0, 0.1) is 0 Å². The molecule has 0 radical (unpaired) electrons. The molecule has 3 nitrogen and oxygen atoms in total. The summed E-state index contributed by atoms with van der Waals surface area (Å²) in [6.45, 7) is 1.81. The van der Waals surface area contributed by atoms with Crippen molar-refractivity contribution in [3.8, 4) is 0 Å². The molecule has 1 aliphatic heterocycles. The van der Waals surface area contributed by atoms with Crippen LogP contribution in [-0.4, -0.2) is 19.8 Å². The predicted molar refractivity (Wildman–Crippen MR) is 61.4 cm³/mol. The van der Waals surface area contributed by atoms with Crippen molar-refractivity contribution >= 4 is 15.9 Å². The minimum Gasteiger partial charge on any atom is -0.343 e. The average molecular weight is 272 g/mol. The van der Waals surface area contributed by atoms with Gasteiger partial charge in [-0.25, -0.2) is 0 Å². The van der Waals surface area contributed by atoms with Gasteiger partial charge in [-0.1, -0.05) is 28.1 Å². The lowest BCUT2D eigenvalue weighted by molar-refractivity contribution is -0.168. The highest BCUT2D eigenvalue weighted by molar-refractivity contribution is 9.10. The summed E-state index contributed by atoms with van der Waals surface area (Å²) in [5.41, 5.74) is 6.62. The first-order valence-electron chi connectivity index (χ1n) is 5.01. The fraction of sp³-hybridized carbons (Fsp3) is 0.455. The van der Waals surface area contributed by atoms with Crippen molar-refractivity contribution in [1.82, 2.24) is 0 Å². The van der Waals surface area contributed by atoms with E-state index in [0.29, 0.717) is 26.2 Å². The van der Waals surface area contributed by atoms with Crippen LogP contribution in [0.4, 0.5) is 0 Å². The zero-order valence-electron chi connectivity index (χ0n) is 8.41. The Hall–Kier alpha value is -0.420. The molecule has 0 amide bonds. The highest BCUT2D eigenvalue weighted by atomic mass is 79.9. The molecule has 4 heteroatoms. The molecular formula is C11H14BrNO2. The summed E-state index contributed by atoms with van der Waals surface area (Å²) in [4.78, 5) is 0. The molecule has 15 heavy (non-hydrogen) atoms. The molecule has 0 aliphatic carbocycles. The van der Waals surface area contributed by atoms with Crippen LogP contribution < -0.4 is 5.73 Å². The second-order valence-electron chi connectivity index (χ2n) is 3.50. The van der Waals surface area contributed by atoms with E-state index in [-0.39, 0.29) is 0 Å². The topological polar surface area (TPSA) is 44.5 Å². The Balaban J connectivity index is 2.31. The van der Waals surface area contributed by atoms with Gasteiger partial charge in [0.2, 0.25) is 0 Å². The van der Waals surface area contributed by atoms with E-state index < -0.39 is 5.79 Å². The van der Waals surface area contributed by atoms with E-state index in [1.54, 1.807) is 0 Å². The molecule has 0 unspecified atom stereocenters. The molecule has 1 heterocycles. The van der Waals surface area contributed by atoms with Crippen LogP contribution in [0.2, 0.25) is 0 Å². The van der Waals surface area contributed by atoms with Crippen molar-refractivity contribution in [3.05, 3.63) is 34.3 Å². The number of benzene rings is 1. The lowest BCUT2D eigenvalue weighted by atomic mass is 10.0. The molecule has 1 aromatic rings. The Kier molecular flexibility index (Phi) is 3.41. The molecule has 1 fully saturated rings. The van der Waals surface area contributed by atoms with E-state index in [4.69, 9.17) is 15.2 Å². The van der Waals surface area contributed by atoms with Crippen molar-refractivity contribution in [1.29, 1.82) is 0 Å². The van der Waals surface area contributed by atoms with Gasteiger partial charge in [0, 0.05) is 16.5 Å². The normalized spacial score (nSPS) is 19.3. The first kappa shape index (κ1) is 11.1. The van der Waals surface area contributed by atoms with E-state index in [0.717, 1.165) is 10.0 Å². The summed E-state index contributed by atoms with van der Waals surface area (Å²) in [7, 11) is 0. The number of ether oxygens (including phenoxy) is 2. The lowest BCUT2D eigenvalue weighted by Gasteiger charge is -2.27. The third kappa shape index (κ3) is 2.23. The fourth-order valence-electron chi connectivity index (χ4n) is 1.83. The Morgan fingerprint density at radius 2 is 2.07 bits per heavy atom. The summed E-state index contributed by atoms with van der Waals surface area (Å²) in [5, 5.41) is 0. The maximum atomic E-state index is 5.70. The minimum absolute atomic E-state index is 0.548. The molecule has 0 saturated carbocycles. The van der Waals surface area contributed by atoms with Crippen LogP contribution in [0.1, 0.15) is 12.0 Å². The standard InChI is InChI=1S/C11H14BrNO2/c12-10-3-1-2-9(8-10)11(4-5-13)14-6-7-15-11/h1-3,8H,4-7,13H2. The SMILES string of the molecule is NCCC1(c2cccc(Br)c2)OCCO1. The van der Waals surface area contributed by atoms with Gasteiger partial charge in [0.15, 0.2) is 5.79 Å². The molecule has 0 aromatic heterocycles. The van der Waals surface area contributed by atoms with Crippen LogP contribution in [-0.2, 0) is 15.3 Å². The van der Waals surface area contributed by atoms with Gasteiger partial charge in [-0.2, -0.15) is 0 Å². The quantitative estimate of drug-likeness (QED) is 0.915. The van der Waals surface area contributed by atoms with Crippen LogP contribution in [0.25, 0.3) is 0 Å². The van der Waals surface area contributed by atoms with E-state index >= 15 is 0 Å². The lowest BCUT2D eigenvalue weighted by Crippen LogP contribution is -2.30. The smallest absolute Gasteiger partial charge is 0.196 e. The Labute approximate surface area is 97.7 Å². The zero-order valence-corrected chi connectivity index (χ0v) is 10.00. The summed E-state index contributed by atoms with van der Waals surface area (Å²) < 4.78 is 12.4. The van der Waals surface area contributed by atoms with Gasteiger partial charge in [0.1, 0.15) is 0 Å². The fourth-order valence-corrected chi connectivity index (χ4v) is 2.22. The second-order valence-corrected chi connectivity index (χ2v) is 4.41. The van der Waals surface area contributed by atoms with E-state index in [1.165, 1.54) is 0 Å². The van der Waals surface area contributed by atoms with E-state index in [1.807, 2.05) is 24.3 Å². The first-order valence-corrected chi connectivity index (χ1v) is 5.80. The molecule has 0 atom stereocenters. The van der Waals surface area contributed by atoms with Gasteiger partial charge >= 0.3 is 0 Å². The van der Waals surface area contributed by atoms with E-state index in [2.05, 4.69) is 15.9 Å². The molecule has 82 valence electrons. The molecule has 0 spiro atoms. The third-order valence-corrected chi connectivity index (χ3v) is 2.98. The van der Waals surface area contributed by atoms with Crippen LogP contribution >= 0.6 is 15.9 Å². The number of rotatable bonds is 3.